The topological polar surface area (TPSA) is 105 Å². The van der Waals surface area contributed by atoms with Crippen molar-refractivity contribution in [3.8, 4) is 0 Å². The SMILES string of the molecule is O=[N+]([O-])c1cc2sc(N3CCOCC3)nc2nc1N1CC(O)C1. The highest BCUT2D eigenvalue weighted by Crippen LogP contribution is 2.36. The fourth-order valence-corrected chi connectivity index (χ4v) is 3.71. The van der Waals surface area contributed by atoms with Crippen LogP contribution in [0.25, 0.3) is 10.3 Å². The molecule has 2 aromatic rings. The maximum absolute atomic E-state index is 11.3. The van der Waals surface area contributed by atoms with E-state index in [-0.39, 0.29) is 11.5 Å². The number of aromatic nitrogens is 2. The number of rotatable bonds is 3. The number of aliphatic hydroxyl groups is 1. The molecule has 4 heterocycles. The summed E-state index contributed by atoms with van der Waals surface area (Å²) < 4.78 is 6.03. The van der Waals surface area contributed by atoms with Crippen molar-refractivity contribution in [2.45, 2.75) is 6.10 Å². The zero-order valence-corrected chi connectivity index (χ0v) is 13.0. The van der Waals surface area contributed by atoms with Crippen LogP contribution in [0.3, 0.4) is 0 Å². The molecule has 0 amide bonds. The zero-order valence-electron chi connectivity index (χ0n) is 12.2. The summed E-state index contributed by atoms with van der Waals surface area (Å²) in [6, 6.07) is 1.53. The van der Waals surface area contributed by atoms with Gasteiger partial charge in [0.1, 0.15) is 0 Å². The van der Waals surface area contributed by atoms with Gasteiger partial charge in [0.15, 0.2) is 10.8 Å². The molecule has 2 fully saturated rings. The van der Waals surface area contributed by atoms with Crippen LogP contribution >= 0.6 is 11.3 Å². The van der Waals surface area contributed by atoms with Crippen LogP contribution in [-0.2, 0) is 4.74 Å². The predicted octanol–water partition coefficient (Wildman–Crippen LogP) is 0.617. The highest BCUT2D eigenvalue weighted by Gasteiger charge is 2.32. The Bertz CT molecular complexity index is 754. The number of pyridine rings is 1. The van der Waals surface area contributed by atoms with Crippen LogP contribution in [0.1, 0.15) is 0 Å². The van der Waals surface area contributed by atoms with Crippen LogP contribution in [0.5, 0.6) is 0 Å². The number of β-amino-alcohol motifs (C(OH)–C–C–N with tert-alkyl or cyclic N) is 1. The summed E-state index contributed by atoms with van der Waals surface area (Å²) >= 11 is 1.41. The van der Waals surface area contributed by atoms with Crippen LogP contribution in [-0.4, -0.2) is 65.5 Å². The first-order chi connectivity index (χ1) is 11.1. The molecular weight excluding hydrogens is 322 g/mol. The molecule has 0 saturated carbocycles. The molecule has 0 spiro atoms. The van der Waals surface area contributed by atoms with E-state index in [9.17, 15) is 15.2 Å². The monoisotopic (exact) mass is 337 g/mol. The fourth-order valence-electron chi connectivity index (χ4n) is 2.72. The van der Waals surface area contributed by atoms with E-state index in [1.807, 2.05) is 0 Å². The summed E-state index contributed by atoms with van der Waals surface area (Å²) in [5, 5.41) is 21.6. The average molecular weight is 337 g/mol. The molecule has 0 atom stereocenters. The van der Waals surface area contributed by atoms with Gasteiger partial charge in [-0.05, 0) is 0 Å². The minimum Gasteiger partial charge on any atom is -0.389 e. The minimum absolute atomic E-state index is 0.0402. The van der Waals surface area contributed by atoms with Crippen molar-refractivity contribution >= 4 is 38.3 Å². The van der Waals surface area contributed by atoms with Crippen LogP contribution < -0.4 is 9.80 Å². The average Bonchev–Trinajstić information content (AvgIpc) is 2.94. The van der Waals surface area contributed by atoms with E-state index in [0.29, 0.717) is 36.7 Å². The van der Waals surface area contributed by atoms with E-state index in [4.69, 9.17) is 4.74 Å². The van der Waals surface area contributed by atoms with Crippen molar-refractivity contribution in [1.82, 2.24) is 9.97 Å². The van der Waals surface area contributed by atoms with Gasteiger partial charge in [0.2, 0.25) is 5.82 Å². The van der Waals surface area contributed by atoms with Crippen molar-refractivity contribution in [2.24, 2.45) is 0 Å². The van der Waals surface area contributed by atoms with E-state index < -0.39 is 11.0 Å². The third-order valence-electron chi connectivity index (χ3n) is 3.97. The lowest BCUT2D eigenvalue weighted by atomic mass is 10.1. The molecule has 9 nitrogen and oxygen atoms in total. The van der Waals surface area contributed by atoms with Crippen molar-refractivity contribution < 1.29 is 14.8 Å². The first kappa shape index (κ1) is 14.5. The van der Waals surface area contributed by atoms with Gasteiger partial charge in [-0.15, -0.1) is 0 Å². The van der Waals surface area contributed by atoms with Crippen LogP contribution in [0.4, 0.5) is 16.6 Å². The van der Waals surface area contributed by atoms with Gasteiger partial charge in [-0.1, -0.05) is 11.3 Å². The number of nitrogens with zero attached hydrogens (tertiary/aromatic N) is 5. The third-order valence-corrected chi connectivity index (χ3v) is 5.02. The Morgan fingerprint density at radius 3 is 2.70 bits per heavy atom. The largest absolute Gasteiger partial charge is 0.389 e. The fraction of sp³-hybridized carbons (Fsp3) is 0.538. The van der Waals surface area contributed by atoms with Crippen LogP contribution in [0, 0.1) is 10.1 Å². The number of ether oxygens (including phenoxy) is 1. The van der Waals surface area contributed by atoms with Gasteiger partial charge in [-0.2, -0.15) is 4.98 Å². The van der Waals surface area contributed by atoms with Gasteiger partial charge < -0.3 is 19.6 Å². The minimum atomic E-state index is -0.452. The maximum Gasteiger partial charge on any atom is 0.313 e. The summed E-state index contributed by atoms with van der Waals surface area (Å²) in [5.74, 6) is 0.284. The molecule has 2 aliphatic rings. The van der Waals surface area contributed by atoms with Gasteiger partial charge in [0, 0.05) is 32.2 Å². The number of hydrogen-bond acceptors (Lipinski definition) is 9. The van der Waals surface area contributed by atoms with E-state index in [2.05, 4.69) is 14.9 Å². The standard InChI is InChI=1S/C13H15N5O4S/c19-8-6-17(7-8)12-9(18(20)21)5-10-11(14-12)15-13(23-10)16-1-3-22-4-2-16/h5,8,19H,1-4,6-7H2. The highest BCUT2D eigenvalue weighted by atomic mass is 32.1. The number of thiazole rings is 1. The molecule has 10 heteroatoms. The number of fused-ring (bicyclic) bond motifs is 1. The molecule has 0 aromatic carbocycles. The molecule has 23 heavy (non-hydrogen) atoms. The van der Waals surface area contributed by atoms with Crippen molar-refractivity contribution in [1.29, 1.82) is 0 Å². The molecule has 0 bridgehead atoms. The van der Waals surface area contributed by atoms with E-state index in [1.165, 1.54) is 17.4 Å². The van der Waals surface area contributed by atoms with Gasteiger partial charge >= 0.3 is 5.69 Å². The molecule has 2 saturated heterocycles. The van der Waals surface area contributed by atoms with E-state index in [0.717, 1.165) is 18.2 Å². The van der Waals surface area contributed by atoms with Gasteiger partial charge in [0.05, 0.1) is 28.9 Å². The van der Waals surface area contributed by atoms with Gasteiger partial charge in [0.25, 0.3) is 0 Å². The van der Waals surface area contributed by atoms with Gasteiger partial charge in [-0.25, -0.2) is 4.98 Å². The zero-order chi connectivity index (χ0) is 16.0. The Kier molecular flexibility index (Phi) is 3.51. The quantitative estimate of drug-likeness (QED) is 0.642. The number of morpholine rings is 1. The lowest BCUT2D eigenvalue weighted by Crippen LogP contribution is -2.51. The Balaban J connectivity index is 1.73. The molecule has 1 N–H and O–H groups in total. The second-order valence-corrected chi connectivity index (χ2v) is 6.57. The van der Waals surface area contributed by atoms with E-state index in [1.54, 1.807) is 4.90 Å². The molecule has 0 aliphatic carbocycles. The first-order valence-corrected chi connectivity index (χ1v) is 8.15. The summed E-state index contributed by atoms with van der Waals surface area (Å²) in [6.07, 6.45) is -0.452. The maximum atomic E-state index is 11.3. The summed E-state index contributed by atoms with van der Waals surface area (Å²) in [4.78, 5) is 23.6. The van der Waals surface area contributed by atoms with Crippen molar-refractivity contribution in [2.75, 3.05) is 49.2 Å². The number of aliphatic hydroxyl groups excluding tert-OH is 1. The highest BCUT2D eigenvalue weighted by molar-refractivity contribution is 7.22. The molecule has 122 valence electrons. The van der Waals surface area contributed by atoms with E-state index >= 15 is 0 Å². The molecule has 2 aromatic heterocycles. The number of hydrogen-bond donors (Lipinski definition) is 1. The Labute approximate surface area is 135 Å². The Morgan fingerprint density at radius 2 is 2.04 bits per heavy atom. The molecule has 4 rings (SSSR count). The van der Waals surface area contributed by atoms with Crippen molar-refractivity contribution in [3.63, 3.8) is 0 Å². The smallest absolute Gasteiger partial charge is 0.313 e. The molecule has 2 aliphatic heterocycles. The lowest BCUT2D eigenvalue weighted by molar-refractivity contribution is -0.384. The van der Waals surface area contributed by atoms with Crippen LogP contribution in [0.15, 0.2) is 6.07 Å². The number of anilines is 2. The summed E-state index contributed by atoms with van der Waals surface area (Å²) in [6.45, 7) is 3.54. The molecular formula is C13H15N5O4S. The van der Waals surface area contributed by atoms with Crippen LogP contribution in [0.2, 0.25) is 0 Å². The normalized spacial score (nSPS) is 19.2. The Morgan fingerprint density at radius 1 is 1.30 bits per heavy atom. The lowest BCUT2D eigenvalue weighted by Gasteiger charge is -2.36. The summed E-state index contributed by atoms with van der Waals surface area (Å²) in [5.41, 5.74) is 0.472. The number of nitro groups is 1. The first-order valence-electron chi connectivity index (χ1n) is 7.33. The Hall–Kier alpha value is -2.04. The predicted molar refractivity (Wildman–Crippen MR) is 85.3 cm³/mol. The molecule has 0 unspecified atom stereocenters. The van der Waals surface area contributed by atoms with Gasteiger partial charge in [-0.3, -0.25) is 10.1 Å². The molecule has 0 radical (unpaired) electrons. The second kappa shape index (κ2) is 5.55. The summed E-state index contributed by atoms with van der Waals surface area (Å²) in [7, 11) is 0. The third kappa shape index (κ3) is 2.58. The second-order valence-electron chi connectivity index (χ2n) is 5.56. The van der Waals surface area contributed by atoms with Crippen molar-refractivity contribution in [3.05, 3.63) is 16.2 Å².